The van der Waals surface area contributed by atoms with Crippen LogP contribution in [0.5, 0.6) is 0 Å². The van der Waals surface area contributed by atoms with Gasteiger partial charge in [0.2, 0.25) is 0 Å². The van der Waals surface area contributed by atoms with E-state index < -0.39 is 0 Å². The number of fused-ring (bicyclic) bond motifs is 8. The van der Waals surface area contributed by atoms with E-state index >= 15 is 0 Å². The van der Waals surface area contributed by atoms with E-state index in [2.05, 4.69) is 62.3 Å². The molecule has 6 rings (SSSR count). The second-order valence-corrected chi connectivity index (χ2v) is 8.97. The first-order valence-electron chi connectivity index (χ1n) is 11.3. The average molecular weight is 421 g/mol. The van der Waals surface area contributed by atoms with E-state index in [0.29, 0.717) is 0 Å². The van der Waals surface area contributed by atoms with Crippen molar-refractivity contribution < 1.29 is 8.98 Å². The minimum Gasteiger partial charge on any atom is -0.456 e. The van der Waals surface area contributed by atoms with Crippen molar-refractivity contribution in [3.8, 4) is 11.3 Å². The summed E-state index contributed by atoms with van der Waals surface area (Å²) in [5, 5.41) is 2.30. The Bertz CT molecular complexity index is 1550. The lowest BCUT2D eigenvalue weighted by molar-refractivity contribution is -0.743. The third-order valence-electron chi connectivity index (χ3n) is 7.87. The molecule has 0 bridgehead atoms. The van der Waals surface area contributed by atoms with Crippen LogP contribution in [0, 0.1) is 0 Å². The maximum atomic E-state index is 6.26. The van der Waals surface area contributed by atoms with Crippen LogP contribution in [-0.2, 0) is 11.0 Å². The molecular weight excluding hydrogens is 394 g/mol. The number of furan rings is 1. The topological polar surface area (TPSA) is 42.8 Å². The molecule has 0 saturated heterocycles. The summed E-state index contributed by atoms with van der Waals surface area (Å²) in [5.41, 5.74) is 6.59. The fourth-order valence-corrected chi connectivity index (χ4v) is 6.01. The van der Waals surface area contributed by atoms with Crippen molar-refractivity contribution in [2.45, 2.75) is 44.6 Å². The van der Waals surface area contributed by atoms with Gasteiger partial charge in [-0.25, -0.2) is 9.55 Å². The number of aromatic nitrogens is 3. The van der Waals surface area contributed by atoms with Crippen LogP contribution in [0.25, 0.3) is 44.4 Å². The lowest BCUT2D eigenvalue weighted by Gasteiger charge is -2.49. The highest BCUT2D eigenvalue weighted by molar-refractivity contribution is 6.06. The number of hydrogen-bond donors (Lipinski definition) is 0. The Labute approximate surface area is 187 Å². The first kappa shape index (κ1) is 19.2. The van der Waals surface area contributed by atoms with Crippen LogP contribution >= 0.6 is 0 Å². The second kappa shape index (κ2) is 6.49. The predicted molar refractivity (Wildman–Crippen MR) is 129 cm³/mol. The molecule has 5 aromatic rings. The largest absolute Gasteiger partial charge is 0.456 e. The fraction of sp³-hybridized carbons (Fsp3) is 0.250. The Hall–Kier alpha value is -3.53. The van der Waals surface area contributed by atoms with Gasteiger partial charge in [-0.15, -0.1) is 6.58 Å². The molecule has 4 nitrogen and oxygen atoms in total. The lowest BCUT2D eigenvalue weighted by Crippen LogP contribution is -2.68. The van der Waals surface area contributed by atoms with E-state index in [1.54, 1.807) is 0 Å². The standard InChI is InChI=1S/C28H26N3O/c1-5-27(4)28(6-2,7-3)21-15-19-18-11-8-9-13-24(18)32-25(19)16-20(21)23-17-30-22-12-10-14-29-26(22)31(23)27/h6,8-17H,2,5,7H2,1,3-4H3/q+1. The zero-order chi connectivity index (χ0) is 22.1. The molecule has 158 valence electrons. The monoisotopic (exact) mass is 420 g/mol. The Kier molecular flexibility index (Phi) is 3.89. The van der Waals surface area contributed by atoms with Gasteiger partial charge in [0.05, 0.1) is 11.6 Å². The number of para-hydroxylation sites is 1. The van der Waals surface area contributed by atoms with Crippen LogP contribution in [0.2, 0.25) is 0 Å². The molecule has 32 heavy (non-hydrogen) atoms. The smallest absolute Gasteiger partial charge is 0.349 e. The van der Waals surface area contributed by atoms with Gasteiger partial charge in [-0.1, -0.05) is 38.1 Å². The van der Waals surface area contributed by atoms with Gasteiger partial charge in [-0.05, 0) is 60.6 Å². The van der Waals surface area contributed by atoms with Crippen LogP contribution in [0.15, 0.2) is 78.0 Å². The molecule has 0 spiro atoms. The lowest BCUT2D eigenvalue weighted by atomic mass is 9.59. The molecule has 2 unspecified atom stereocenters. The second-order valence-electron chi connectivity index (χ2n) is 8.97. The Morgan fingerprint density at radius 2 is 1.84 bits per heavy atom. The maximum Gasteiger partial charge on any atom is 0.349 e. The minimum atomic E-state index is -0.271. The molecule has 0 fully saturated rings. The summed E-state index contributed by atoms with van der Waals surface area (Å²) in [5.74, 6) is 0. The molecule has 0 aliphatic carbocycles. The number of benzene rings is 2. The fourth-order valence-electron chi connectivity index (χ4n) is 6.01. The van der Waals surface area contributed by atoms with Gasteiger partial charge in [-0.3, -0.25) is 0 Å². The molecule has 2 atom stereocenters. The molecule has 0 saturated carbocycles. The van der Waals surface area contributed by atoms with Crippen molar-refractivity contribution in [2.24, 2.45) is 0 Å². The summed E-state index contributed by atoms with van der Waals surface area (Å²) in [6.45, 7) is 11.2. The molecule has 2 aromatic carbocycles. The molecule has 1 aliphatic rings. The van der Waals surface area contributed by atoms with Crippen molar-refractivity contribution in [3.63, 3.8) is 0 Å². The predicted octanol–water partition coefficient (Wildman–Crippen LogP) is 6.46. The van der Waals surface area contributed by atoms with E-state index in [1.807, 2.05) is 36.7 Å². The van der Waals surface area contributed by atoms with E-state index in [1.165, 1.54) is 5.56 Å². The first-order chi connectivity index (χ1) is 15.6. The Morgan fingerprint density at radius 1 is 1.00 bits per heavy atom. The van der Waals surface area contributed by atoms with Crippen molar-refractivity contribution >= 4 is 33.1 Å². The molecule has 3 aromatic heterocycles. The maximum absolute atomic E-state index is 6.26. The normalized spacial score (nSPS) is 22.2. The van der Waals surface area contributed by atoms with Crippen LogP contribution in [0.3, 0.4) is 0 Å². The van der Waals surface area contributed by atoms with Crippen LogP contribution < -0.4 is 4.57 Å². The molecule has 0 amide bonds. The summed E-state index contributed by atoms with van der Waals surface area (Å²) < 4.78 is 8.66. The highest BCUT2D eigenvalue weighted by Gasteiger charge is 2.56. The summed E-state index contributed by atoms with van der Waals surface area (Å²) in [6.07, 6.45) is 7.87. The van der Waals surface area contributed by atoms with Crippen molar-refractivity contribution in [2.75, 3.05) is 0 Å². The SMILES string of the molecule is C=CC1(CC)c2cc3c(cc2-c2cnc4cccnc4[n+]2C1(C)CC)oc1ccccc13. The van der Waals surface area contributed by atoms with Gasteiger partial charge in [0, 0.05) is 16.3 Å². The van der Waals surface area contributed by atoms with Crippen molar-refractivity contribution in [1.82, 2.24) is 9.97 Å². The van der Waals surface area contributed by atoms with Gasteiger partial charge in [0.25, 0.3) is 0 Å². The minimum absolute atomic E-state index is 0.255. The number of allylic oxidation sites excluding steroid dienone is 1. The average Bonchev–Trinajstić information content (AvgIpc) is 3.21. The van der Waals surface area contributed by atoms with Gasteiger partial charge < -0.3 is 4.42 Å². The van der Waals surface area contributed by atoms with E-state index in [4.69, 9.17) is 14.4 Å². The Balaban J connectivity index is 1.84. The van der Waals surface area contributed by atoms with E-state index in [9.17, 15) is 0 Å². The molecule has 4 heterocycles. The highest BCUT2D eigenvalue weighted by Crippen LogP contribution is 2.52. The third kappa shape index (κ3) is 2.15. The zero-order valence-corrected chi connectivity index (χ0v) is 18.7. The quantitative estimate of drug-likeness (QED) is 0.249. The molecule has 0 N–H and O–H groups in total. The van der Waals surface area contributed by atoms with Crippen molar-refractivity contribution in [1.29, 1.82) is 0 Å². The highest BCUT2D eigenvalue weighted by atomic mass is 16.3. The summed E-state index contributed by atoms with van der Waals surface area (Å²) in [6, 6.07) is 16.8. The van der Waals surface area contributed by atoms with Crippen LogP contribution in [0.4, 0.5) is 0 Å². The summed E-state index contributed by atoms with van der Waals surface area (Å²) >= 11 is 0. The molecule has 1 aliphatic heterocycles. The van der Waals surface area contributed by atoms with Gasteiger partial charge in [0.15, 0.2) is 11.2 Å². The molecular formula is C28H26N3O+. The summed E-state index contributed by atoms with van der Waals surface area (Å²) in [7, 11) is 0. The van der Waals surface area contributed by atoms with Gasteiger partial charge in [-0.2, -0.15) is 0 Å². The van der Waals surface area contributed by atoms with Crippen LogP contribution in [0.1, 0.15) is 39.2 Å². The number of pyridine rings is 1. The van der Waals surface area contributed by atoms with Crippen LogP contribution in [-0.4, -0.2) is 9.97 Å². The Morgan fingerprint density at radius 3 is 2.62 bits per heavy atom. The number of hydrogen-bond acceptors (Lipinski definition) is 3. The first-order valence-corrected chi connectivity index (χ1v) is 11.3. The third-order valence-corrected chi connectivity index (χ3v) is 7.87. The molecule has 4 heteroatoms. The van der Waals surface area contributed by atoms with Gasteiger partial charge >= 0.3 is 5.65 Å². The summed E-state index contributed by atoms with van der Waals surface area (Å²) in [4.78, 5) is 9.56. The molecule has 0 radical (unpaired) electrons. The van der Waals surface area contributed by atoms with E-state index in [-0.39, 0.29) is 11.0 Å². The van der Waals surface area contributed by atoms with Crippen molar-refractivity contribution in [3.05, 3.63) is 79.1 Å². The number of nitrogens with zero attached hydrogens (tertiary/aromatic N) is 3. The van der Waals surface area contributed by atoms with Gasteiger partial charge in [0.1, 0.15) is 22.9 Å². The van der Waals surface area contributed by atoms with E-state index in [0.717, 1.165) is 57.2 Å². The number of rotatable bonds is 3. The zero-order valence-electron chi connectivity index (χ0n) is 18.7.